The third kappa shape index (κ3) is 4.15. The number of rotatable bonds is 7. The summed E-state index contributed by atoms with van der Waals surface area (Å²) in [6.45, 7) is 6.63. The third-order valence-electron chi connectivity index (χ3n) is 5.47. The van der Waals surface area contributed by atoms with E-state index < -0.39 is 9.84 Å². The number of carbonyl (C=O) groups is 1. The van der Waals surface area contributed by atoms with Gasteiger partial charge in [-0.15, -0.1) is 0 Å². The molecule has 4 atom stereocenters. The largest absolute Gasteiger partial charge is 0.338 e. The molecule has 2 bridgehead atoms. The second kappa shape index (κ2) is 7.20. The van der Waals surface area contributed by atoms with Crippen molar-refractivity contribution in [2.75, 3.05) is 24.6 Å². The van der Waals surface area contributed by atoms with Gasteiger partial charge in [0, 0.05) is 24.9 Å². The number of urea groups is 1. The molecule has 0 radical (unpaired) electrons. The molecule has 2 aliphatic rings. The van der Waals surface area contributed by atoms with E-state index in [1.54, 1.807) is 11.8 Å². The summed E-state index contributed by atoms with van der Waals surface area (Å²) in [7, 11) is -3.07. The number of amides is 2. The van der Waals surface area contributed by atoms with Gasteiger partial charge in [0.2, 0.25) is 0 Å². The van der Waals surface area contributed by atoms with E-state index in [4.69, 9.17) is 0 Å². The molecule has 1 N–H and O–H groups in total. The van der Waals surface area contributed by atoms with Gasteiger partial charge in [-0.2, -0.15) is 0 Å². The highest BCUT2D eigenvalue weighted by molar-refractivity contribution is 7.91. The zero-order chi connectivity index (χ0) is 16.3. The zero-order valence-corrected chi connectivity index (χ0v) is 14.9. The number of hydrogen-bond acceptors (Lipinski definition) is 3. The molecule has 0 aromatic heterocycles. The highest BCUT2D eigenvalue weighted by Gasteiger charge is 2.39. The second-order valence-corrected chi connectivity index (χ2v) is 9.35. The van der Waals surface area contributed by atoms with Crippen molar-refractivity contribution in [2.45, 2.75) is 52.5 Å². The summed E-state index contributed by atoms with van der Waals surface area (Å²) in [5.41, 5.74) is 0. The van der Waals surface area contributed by atoms with E-state index in [0.717, 1.165) is 18.4 Å². The Labute approximate surface area is 134 Å². The Bertz CT molecular complexity index is 492. The van der Waals surface area contributed by atoms with Crippen molar-refractivity contribution >= 4 is 15.9 Å². The fourth-order valence-corrected chi connectivity index (χ4v) is 5.33. The molecule has 5 nitrogen and oxygen atoms in total. The third-order valence-corrected chi connectivity index (χ3v) is 7.34. The molecule has 6 heteroatoms. The van der Waals surface area contributed by atoms with Crippen molar-refractivity contribution in [3.63, 3.8) is 0 Å². The minimum Gasteiger partial charge on any atom is -0.338 e. The van der Waals surface area contributed by atoms with E-state index in [-0.39, 0.29) is 23.6 Å². The number of fused-ring (bicyclic) bond motifs is 2. The van der Waals surface area contributed by atoms with E-state index in [2.05, 4.69) is 5.32 Å². The molecule has 0 aromatic carbocycles. The van der Waals surface area contributed by atoms with Gasteiger partial charge in [0.25, 0.3) is 0 Å². The van der Waals surface area contributed by atoms with E-state index in [1.165, 1.54) is 25.7 Å². The number of nitrogens with one attached hydrogen (secondary N) is 1. The molecular weight excluding hydrogens is 300 g/mol. The first-order valence-corrected chi connectivity index (χ1v) is 10.4. The van der Waals surface area contributed by atoms with Crippen molar-refractivity contribution in [2.24, 2.45) is 17.8 Å². The van der Waals surface area contributed by atoms with E-state index in [0.29, 0.717) is 12.5 Å². The molecule has 0 aliphatic heterocycles. The van der Waals surface area contributed by atoms with Gasteiger partial charge in [-0.25, -0.2) is 13.2 Å². The normalized spacial score (nSPS) is 28.6. The Morgan fingerprint density at radius 1 is 1.27 bits per heavy atom. The standard InChI is InChI=1S/C16H30N2O3S/c1-4-18(12(3)11-22(20,21)5-2)16(19)17-10-15-9-13-6-7-14(15)8-13/h12-15H,4-11H2,1-3H3,(H,17,19)/t12-,13+,14+,15+/m1/s1. The summed E-state index contributed by atoms with van der Waals surface area (Å²) in [5.74, 6) is 2.46. The Kier molecular flexibility index (Phi) is 5.75. The lowest BCUT2D eigenvalue weighted by molar-refractivity contribution is 0.183. The number of nitrogens with zero attached hydrogens (tertiary/aromatic N) is 1. The van der Waals surface area contributed by atoms with Gasteiger partial charge >= 0.3 is 6.03 Å². The Morgan fingerprint density at radius 3 is 2.50 bits per heavy atom. The van der Waals surface area contributed by atoms with Crippen LogP contribution in [0.5, 0.6) is 0 Å². The van der Waals surface area contributed by atoms with Crippen molar-refractivity contribution in [3.8, 4) is 0 Å². The van der Waals surface area contributed by atoms with Gasteiger partial charge in [-0.3, -0.25) is 0 Å². The average Bonchev–Trinajstić information content (AvgIpc) is 3.07. The zero-order valence-electron chi connectivity index (χ0n) is 14.0. The van der Waals surface area contributed by atoms with E-state index in [1.807, 2.05) is 13.8 Å². The molecule has 0 aromatic rings. The first-order valence-electron chi connectivity index (χ1n) is 8.61. The second-order valence-electron chi connectivity index (χ2n) is 6.95. The quantitative estimate of drug-likeness (QED) is 0.779. The molecule has 0 unspecified atom stereocenters. The van der Waals surface area contributed by atoms with Gasteiger partial charge in [-0.05, 0) is 50.9 Å². The lowest BCUT2D eigenvalue weighted by Crippen LogP contribution is -2.48. The summed E-state index contributed by atoms with van der Waals surface area (Å²) in [4.78, 5) is 14.0. The predicted octanol–water partition coefficient (Wildman–Crippen LogP) is 2.28. The molecule has 2 fully saturated rings. The van der Waals surface area contributed by atoms with Gasteiger partial charge in [0.15, 0.2) is 9.84 Å². The molecule has 22 heavy (non-hydrogen) atoms. The summed E-state index contributed by atoms with van der Waals surface area (Å²) in [6.07, 6.45) is 5.26. The van der Waals surface area contributed by atoms with Crippen LogP contribution in [-0.2, 0) is 9.84 Å². The fourth-order valence-electron chi connectivity index (χ4n) is 4.18. The lowest BCUT2D eigenvalue weighted by Gasteiger charge is -2.29. The van der Waals surface area contributed by atoms with Crippen molar-refractivity contribution in [1.29, 1.82) is 0 Å². The maximum Gasteiger partial charge on any atom is 0.317 e. The molecule has 128 valence electrons. The van der Waals surface area contributed by atoms with Gasteiger partial charge < -0.3 is 10.2 Å². The SMILES string of the molecule is CCN(C(=O)NC[C@@H]1C[C@H]2CC[C@H]1C2)[C@H](C)CS(=O)(=O)CC. The first-order chi connectivity index (χ1) is 10.4. The number of hydrogen-bond donors (Lipinski definition) is 1. The molecule has 0 saturated heterocycles. The minimum absolute atomic E-state index is 0.0406. The Balaban J connectivity index is 1.83. The maximum atomic E-state index is 12.4. The molecule has 2 saturated carbocycles. The molecular formula is C16H30N2O3S. The van der Waals surface area contributed by atoms with Crippen LogP contribution in [0.25, 0.3) is 0 Å². The number of sulfone groups is 1. The van der Waals surface area contributed by atoms with Gasteiger partial charge in [0.1, 0.15) is 0 Å². The molecule has 2 rings (SSSR count). The van der Waals surface area contributed by atoms with Crippen LogP contribution in [0, 0.1) is 17.8 Å². The van der Waals surface area contributed by atoms with Crippen molar-refractivity contribution in [3.05, 3.63) is 0 Å². The van der Waals surface area contributed by atoms with Gasteiger partial charge in [-0.1, -0.05) is 13.3 Å². The Hall–Kier alpha value is -0.780. The summed E-state index contributed by atoms with van der Waals surface area (Å²) in [5, 5.41) is 3.04. The van der Waals surface area contributed by atoms with Crippen LogP contribution in [-0.4, -0.2) is 50.0 Å². The minimum atomic E-state index is -3.07. The summed E-state index contributed by atoms with van der Waals surface area (Å²) < 4.78 is 23.5. The van der Waals surface area contributed by atoms with E-state index in [9.17, 15) is 13.2 Å². The molecule has 2 aliphatic carbocycles. The van der Waals surface area contributed by atoms with Crippen LogP contribution in [0.1, 0.15) is 46.5 Å². The maximum absolute atomic E-state index is 12.4. The van der Waals surface area contributed by atoms with Crippen LogP contribution in [0.4, 0.5) is 4.79 Å². The first kappa shape index (κ1) is 17.6. The van der Waals surface area contributed by atoms with Gasteiger partial charge in [0.05, 0.1) is 5.75 Å². The van der Waals surface area contributed by atoms with Crippen LogP contribution < -0.4 is 5.32 Å². The molecule has 2 amide bonds. The van der Waals surface area contributed by atoms with Crippen LogP contribution in [0.3, 0.4) is 0 Å². The molecule has 0 spiro atoms. The predicted molar refractivity (Wildman–Crippen MR) is 88.5 cm³/mol. The summed E-state index contributed by atoms with van der Waals surface area (Å²) in [6, 6.07) is -0.404. The Morgan fingerprint density at radius 2 is 2.00 bits per heavy atom. The van der Waals surface area contributed by atoms with Crippen LogP contribution in [0.15, 0.2) is 0 Å². The summed E-state index contributed by atoms with van der Waals surface area (Å²) >= 11 is 0. The number of carbonyl (C=O) groups excluding carboxylic acids is 1. The smallest absolute Gasteiger partial charge is 0.317 e. The van der Waals surface area contributed by atoms with Crippen molar-refractivity contribution < 1.29 is 13.2 Å². The van der Waals surface area contributed by atoms with Crippen molar-refractivity contribution in [1.82, 2.24) is 10.2 Å². The van der Waals surface area contributed by atoms with E-state index >= 15 is 0 Å². The monoisotopic (exact) mass is 330 g/mol. The topological polar surface area (TPSA) is 66.5 Å². The average molecular weight is 330 g/mol. The highest BCUT2D eigenvalue weighted by atomic mass is 32.2. The molecule has 0 heterocycles. The highest BCUT2D eigenvalue weighted by Crippen LogP contribution is 2.47. The lowest BCUT2D eigenvalue weighted by atomic mass is 9.89. The van der Waals surface area contributed by atoms with Crippen LogP contribution >= 0.6 is 0 Å². The van der Waals surface area contributed by atoms with Crippen LogP contribution in [0.2, 0.25) is 0 Å². The fraction of sp³-hybridized carbons (Fsp3) is 0.938.